The third kappa shape index (κ3) is 2.45. The number of hydrogen-bond acceptors (Lipinski definition) is 3. The number of rotatable bonds is 2. The van der Waals surface area contributed by atoms with Crippen LogP contribution >= 0.6 is 0 Å². The van der Waals surface area contributed by atoms with Gasteiger partial charge in [0.05, 0.1) is 11.8 Å². The molecule has 3 nitrogen and oxygen atoms in total. The minimum atomic E-state index is -0.369. The van der Waals surface area contributed by atoms with Gasteiger partial charge in [-0.05, 0) is 31.2 Å². The fraction of sp³-hybridized carbons (Fsp3) is 0.0769. The number of carbonyl (C=O) groups is 1. The third-order valence-corrected chi connectivity index (χ3v) is 2.10. The number of ether oxygens (including phenoxy) is 1. The number of aryl methyl sites for hydroxylation is 1. The van der Waals surface area contributed by atoms with Crippen molar-refractivity contribution in [2.45, 2.75) is 6.92 Å². The summed E-state index contributed by atoms with van der Waals surface area (Å²) in [4.78, 5) is 15.7. The van der Waals surface area contributed by atoms with E-state index in [9.17, 15) is 4.79 Å². The van der Waals surface area contributed by atoms with E-state index >= 15 is 0 Å². The minimum Gasteiger partial charge on any atom is -0.421 e. The van der Waals surface area contributed by atoms with Crippen molar-refractivity contribution in [2.24, 2.45) is 0 Å². The standard InChI is InChI=1S/C13H11NO2/c1-10-7-8-12(9-14-10)16-13(15)11-5-3-2-4-6-11/h2-9H,1H3. The van der Waals surface area contributed by atoms with Crippen LogP contribution in [-0.4, -0.2) is 11.0 Å². The van der Waals surface area contributed by atoms with Crippen LogP contribution < -0.4 is 4.74 Å². The maximum atomic E-state index is 11.6. The molecular weight excluding hydrogens is 202 g/mol. The first-order valence-corrected chi connectivity index (χ1v) is 4.95. The number of hydrogen-bond donors (Lipinski definition) is 0. The molecule has 0 fully saturated rings. The van der Waals surface area contributed by atoms with Gasteiger partial charge in [0, 0.05) is 5.69 Å². The zero-order chi connectivity index (χ0) is 11.4. The van der Waals surface area contributed by atoms with Crippen LogP contribution in [0.15, 0.2) is 48.7 Å². The molecule has 1 heterocycles. The van der Waals surface area contributed by atoms with Crippen molar-refractivity contribution in [1.29, 1.82) is 0 Å². The lowest BCUT2D eigenvalue weighted by molar-refractivity contribution is 0.0734. The van der Waals surface area contributed by atoms with Gasteiger partial charge in [-0.3, -0.25) is 4.98 Å². The minimum absolute atomic E-state index is 0.369. The lowest BCUT2D eigenvalue weighted by Gasteiger charge is -2.03. The maximum absolute atomic E-state index is 11.6. The van der Waals surface area contributed by atoms with Crippen molar-refractivity contribution in [3.8, 4) is 5.75 Å². The lowest BCUT2D eigenvalue weighted by Crippen LogP contribution is -2.08. The fourth-order valence-electron chi connectivity index (χ4n) is 1.25. The van der Waals surface area contributed by atoms with Crippen molar-refractivity contribution >= 4 is 5.97 Å². The van der Waals surface area contributed by atoms with E-state index in [0.29, 0.717) is 11.3 Å². The maximum Gasteiger partial charge on any atom is 0.343 e. The zero-order valence-electron chi connectivity index (χ0n) is 8.88. The predicted molar refractivity (Wildman–Crippen MR) is 60.4 cm³/mol. The molecule has 0 saturated carbocycles. The second kappa shape index (κ2) is 4.57. The summed E-state index contributed by atoms with van der Waals surface area (Å²) in [5.74, 6) is 0.0886. The molecule has 0 aliphatic carbocycles. The van der Waals surface area contributed by atoms with Crippen molar-refractivity contribution < 1.29 is 9.53 Å². The van der Waals surface area contributed by atoms with Gasteiger partial charge in [-0.2, -0.15) is 0 Å². The Kier molecular flexibility index (Phi) is 2.96. The van der Waals surface area contributed by atoms with Crippen LogP contribution in [0.5, 0.6) is 5.75 Å². The van der Waals surface area contributed by atoms with Crippen LogP contribution in [0.3, 0.4) is 0 Å². The Morgan fingerprint density at radius 1 is 1.12 bits per heavy atom. The first-order chi connectivity index (χ1) is 7.75. The highest BCUT2D eigenvalue weighted by atomic mass is 16.5. The van der Waals surface area contributed by atoms with Crippen molar-refractivity contribution in [2.75, 3.05) is 0 Å². The summed E-state index contributed by atoms with van der Waals surface area (Å²) < 4.78 is 5.15. The first kappa shape index (κ1) is 10.4. The Hall–Kier alpha value is -2.16. The monoisotopic (exact) mass is 213 g/mol. The summed E-state index contributed by atoms with van der Waals surface area (Å²) >= 11 is 0. The number of benzene rings is 1. The smallest absolute Gasteiger partial charge is 0.343 e. The lowest BCUT2D eigenvalue weighted by atomic mass is 10.2. The molecule has 0 N–H and O–H groups in total. The average molecular weight is 213 g/mol. The summed E-state index contributed by atoms with van der Waals surface area (Å²) in [5.41, 5.74) is 1.42. The Balaban J connectivity index is 2.11. The van der Waals surface area contributed by atoms with Gasteiger partial charge in [0.25, 0.3) is 0 Å². The third-order valence-electron chi connectivity index (χ3n) is 2.10. The topological polar surface area (TPSA) is 39.2 Å². The highest BCUT2D eigenvalue weighted by molar-refractivity contribution is 5.90. The fourth-order valence-corrected chi connectivity index (χ4v) is 1.25. The van der Waals surface area contributed by atoms with Crippen molar-refractivity contribution in [3.63, 3.8) is 0 Å². The van der Waals surface area contributed by atoms with Crippen LogP contribution in [0.1, 0.15) is 16.1 Å². The van der Waals surface area contributed by atoms with Crippen LogP contribution in [-0.2, 0) is 0 Å². The van der Waals surface area contributed by atoms with Gasteiger partial charge in [0.1, 0.15) is 5.75 Å². The molecule has 0 radical (unpaired) electrons. The molecule has 80 valence electrons. The van der Waals surface area contributed by atoms with Crippen LogP contribution in [0.2, 0.25) is 0 Å². The van der Waals surface area contributed by atoms with Gasteiger partial charge in [0.2, 0.25) is 0 Å². The van der Waals surface area contributed by atoms with E-state index in [1.54, 1.807) is 36.4 Å². The van der Waals surface area contributed by atoms with E-state index in [1.165, 1.54) is 6.20 Å². The molecule has 0 unspecified atom stereocenters. The highest BCUT2D eigenvalue weighted by Crippen LogP contribution is 2.11. The van der Waals surface area contributed by atoms with Gasteiger partial charge in [-0.15, -0.1) is 0 Å². The quantitative estimate of drug-likeness (QED) is 0.720. The highest BCUT2D eigenvalue weighted by Gasteiger charge is 2.07. The van der Waals surface area contributed by atoms with E-state index in [0.717, 1.165) is 5.69 Å². The Bertz CT molecular complexity index is 477. The van der Waals surface area contributed by atoms with Crippen LogP contribution in [0, 0.1) is 6.92 Å². The van der Waals surface area contributed by atoms with Crippen LogP contribution in [0.25, 0.3) is 0 Å². The molecule has 0 bridgehead atoms. The van der Waals surface area contributed by atoms with E-state index in [-0.39, 0.29) is 5.97 Å². The largest absolute Gasteiger partial charge is 0.421 e. The molecule has 1 aromatic heterocycles. The molecule has 0 saturated heterocycles. The van der Waals surface area contributed by atoms with Gasteiger partial charge in [-0.25, -0.2) is 4.79 Å². The Morgan fingerprint density at radius 3 is 2.50 bits per heavy atom. The van der Waals surface area contributed by atoms with Gasteiger partial charge < -0.3 is 4.74 Å². The first-order valence-electron chi connectivity index (χ1n) is 4.95. The molecule has 16 heavy (non-hydrogen) atoms. The summed E-state index contributed by atoms with van der Waals surface area (Å²) in [6.07, 6.45) is 1.54. The molecule has 2 rings (SSSR count). The van der Waals surface area contributed by atoms with E-state index in [2.05, 4.69) is 4.98 Å². The molecule has 0 spiro atoms. The van der Waals surface area contributed by atoms with Gasteiger partial charge in [0.15, 0.2) is 0 Å². The SMILES string of the molecule is Cc1ccc(OC(=O)c2ccccc2)cn1. The molecule has 0 amide bonds. The molecule has 2 aromatic rings. The predicted octanol–water partition coefficient (Wildman–Crippen LogP) is 2.61. The van der Waals surface area contributed by atoms with Crippen molar-refractivity contribution in [1.82, 2.24) is 4.98 Å². The summed E-state index contributed by atoms with van der Waals surface area (Å²) in [6, 6.07) is 12.4. The second-order valence-corrected chi connectivity index (χ2v) is 3.39. The number of esters is 1. The molecule has 0 aliphatic heterocycles. The number of aromatic nitrogens is 1. The average Bonchev–Trinajstić information content (AvgIpc) is 2.33. The number of pyridine rings is 1. The summed E-state index contributed by atoms with van der Waals surface area (Å²) in [7, 11) is 0. The Morgan fingerprint density at radius 2 is 1.88 bits per heavy atom. The van der Waals surface area contributed by atoms with Crippen molar-refractivity contribution in [3.05, 3.63) is 59.9 Å². The van der Waals surface area contributed by atoms with Gasteiger partial charge in [-0.1, -0.05) is 18.2 Å². The molecular formula is C13H11NO2. The van der Waals surface area contributed by atoms with E-state index < -0.39 is 0 Å². The molecule has 0 atom stereocenters. The Labute approximate surface area is 93.7 Å². The number of nitrogens with zero attached hydrogens (tertiary/aromatic N) is 1. The molecule has 0 aliphatic rings. The second-order valence-electron chi connectivity index (χ2n) is 3.39. The summed E-state index contributed by atoms with van der Waals surface area (Å²) in [5, 5.41) is 0. The van der Waals surface area contributed by atoms with Gasteiger partial charge >= 0.3 is 5.97 Å². The molecule has 1 aromatic carbocycles. The molecule has 3 heteroatoms. The van der Waals surface area contributed by atoms with E-state index in [4.69, 9.17) is 4.74 Å². The number of carbonyl (C=O) groups excluding carboxylic acids is 1. The van der Waals surface area contributed by atoms with E-state index in [1.807, 2.05) is 13.0 Å². The van der Waals surface area contributed by atoms with Crippen LogP contribution in [0.4, 0.5) is 0 Å². The normalized spacial score (nSPS) is 9.81. The zero-order valence-corrected chi connectivity index (χ0v) is 8.88. The summed E-state index contributed by atoms with van der Waals surface area (Å²) in [6.45, 7) is 1.88.